The van der Waals surface area contributed by atoms with E-state index in [1.807, 2.05) is 48.5 Å². The highest BCUT2D eigenvalue weighted by atomic mass is 32.2. The number of aromatic nitrogens is 2. The van der Waals surface area contributed by atoms with Crippen molar-refractivity contribution in [3.8, 4) is 5.75 Å². The predicted molar refractivity (Wildman–Crippen MR) is 95.1 cm³/mol. The van der Waals surface area contributed by atoms with Gasteiger partial charge < -0.3 is 10.1 Å². The Morgan fingerprint density at radius 1 is 1.12 bits per heavy atom. The Kier molecular flexibility index (Phi) is 5.28. The Bertz CT molecular complexity index is 849. The van der Waals surface area contributed by atoms with Crippen LogP contribution in [0.2, 0.25) is 0 Å². The average molecular weight is 339 g/mol. The zero-order valence-corrected chi connectivity index (χ0v) is 14.0. The normalized spacial score (nSPS) is 10.5. The molecular formula is C18H17N3O2S. The molecule has 0 bridgehead atoms. The molecule has 0 aliphatic heterocycles. The number of nitrogens with one attached hydrogen (secondary N) is 1. The van der Waals surface area contributed by atoms with Gasteiger partial charge in [0.15, 0.2) is 0 Å². The van der Waals surface area contributed by atoms with Crippen molar-refractivity contribution in [2.45, 2.75) is 11.6 Å². The van der Waals surface area contributed by atoms with Crippen molar-refractivity contribution < 1.29 is 9.53 Å². The number of ether oxygens (including phenoxy) is 1. The van der Waals surface area contributed by atoms with Crippen LogP contribution in [0.15, 0.2) is 59.9 Å². The number of amides is 1. The Morgan fingerprint density at radius 3 is 2.79 bits per heavy atom. The molecule has 0 saturated heterocycles. The third-order valence-corrected chi connectivity index (χ3v) is 4.52. The molecule has 3 aromatic rings. The first-order valence-corrected chi connectivity index (χ1v) is 8.47. The van der Waals surface area contributed by atoms with Gasteiger partial charge in [-0.2, -0.15) is 0 Å². The third-order valence-electron chi connectivity index (χ3n) is 3.51. The van der Waals surface area contributed by atoms with E-state index in [1.165, 1.54) is 18.1 Å². The van der Waals surface area contributed by atoms with Crippen LogP contribution in [0.5, 0.6) is 5.75 Å². The molecular weight excluding hydrogens is 322 g/mol. The largest absolute Gasteiger partial charge is 0.496 e. The van der Waals surface area contributed by atoms with E-state index in [2.05, 4.69) is 15.3 Å². The number of nitrogens with zero attached hydrogens (tertiary/aromatic N) is 2. The molecule has 5 nitrogen and oxygen atoms in total. The first-order chi connectivity index (χ1) is 11.8. The molecule has 0 atom stereocenters. The molecule has 0 radical (unpaired) electrons. The van der Waals surface area contributed by atoms with Gasteiger partial charge >= 0.3 is 0 Å². The minimum atomic E-state index is -0.0476. The van der Waals surface area contributed by atoms with Crippen molar-refractivity contribution in [3.63, 3.8) is 0 Å². The van der Waals surface area contributed by atoms with Crippen LogP contribution in [-0.2, 0) is 11.3 Å². The molecule has 1 aromatic heterocycles. The van der Waals surface area contributed by atoms with Gasteiger partial charge in [0, 0.05) is 17.5 Å². The monoisotopic (exact) mass is 339 g/mol. The van der Waals surface area contributed by atoms with Crippen LogP contribution in [0.3, 0.4) is 0 Å². The van der Waals surface area contributed by atoms with Crippen molar-refractivity contribution in [2.75, 3.05) is 12.9 Å². The molecule has 3 rings (SSSR count). The van der Waals surface area contributed by atoms with Crippen molar-refractivity contribution in [2.24, 2.45) is 0 Å². The minimum absolute atomic E-state index is 0.0476. The van der Waals surface area contributed by atoms with Gasteiger partial charge in [-0.05, 0) is 12.1 Å². The highest BCUT2D eigenvalue weighted by Crippen LogP contribution is 2.24. The summed E-state index contributed by atoms with van der Waals surface area (Å²) in [4.78, 5) is 20.6. The molecule has 0 fully saturated rings. The van der Waals surface area contributed by atoms with Crippen LogP contribution < -0.4 is 10.1 Å². The van der Waals surface area contributed by atoms with E-state index in [-0.39, 0.29) is 5.91 Å². The average Bonchev–Trinajstić information content (AvgIpc) is 2.64. The lowest BCUT2D eigenvalue weighted by molar-refractivity contribution is -0.118. The summed E-state index contributed by atoms with van der Waals surface area (Å²) in [7, 11) is 1.62. The van der Waals surface area contributed by atoms with Gasteiger partial charge in [0.05, 0.1) is 18.4 Å². The van der Waals surface area contributed by atoms with E-state index in [9.17, 15) is 4.79 Å². The van der Waals surface area contributed by atoms with E-state index in [0.717, 1.165) is 27.2 Å². The molecule has 6 heteroatoms. The number of thioether (sulfide) groups is 1. The molecule has 0 unspecified atom stereocenters. The number of para-hydroxylation sites is 2. The molecule has 0 aliphatic rings. The Balaban J connectivity index is 1.59. The highest BCUT2D eigenvalue weighted by molar-refractivity contribution is 8.00. The van der Waals surface area contributed by atoms with Crippen LogP contribution >= 0.6 is 11.8 Å². The lowest BCUT2D eigenvalue weighted by atomic mass is 10.2. The number of hydrogen-bond acceptors (Lipinski definition) is 5. The van der Waals surface area contributed by atoms with E-state index in [4.69, 9.17) is 4.74 Å². The Hall–Kier alpha value is -2.60. The molecule has 1 amide bonds. The summed E-state index contributed by atoms with van der Waals surface area (Å²) < 4.78 is 5.28. The van der Waals surface area contributed by atoms with Crippen molar-refractivity contribution in [1.29, 1.82) is 0 Å². The third kappa shape index (κ3) is 3.83. The summed E-state index contributed by atoms with van der Waals surface area (Å²) in [6, 6.07) is 15.4. The van der Waals surface area contributed by atoms with E-state index < -0.39 is 0 Å². The molecule has 0 aliphatic carbocycles. The van der Waals surface area contributed by atoms with Gasteiger partial charge in [-0.15, -0.1) is 0 Å². The zero-order valence-electron chi connectivity index (χ0n) is 13.2. The van der Waals surface area contributed by atoms with E-state index in [1.54, 1.807) is 7.11 Å². The molecule has 122 valence electrons. The number of fused-ring (bicyclic) bond motifs is 1. The molecule has 0 spiro atoms. The zero-order chi connectivity index (χ0) is 16.8. The SMILES string of the molecule is COc1ccccc1CNC(=O)CSc1ncnc2ccccc12. The molecule has 1 N–H and O–H groups in total. The second kappa shape index (κ2) is 7.79. The number of rotatable bonds is 6. The lowest BCUT2D eigenvalue weighted by Crippen LogP contribution is -2.24. The predicted octanol–water partition coefficient (Wildman–Crippen LogP) is 3.05. The topological polar surface area (TPSA) is 64.1 Å². The lowest BCUT2D eigenvalue weighted by Gasteiger charge is -2.09. The minimum Gasteiger partial charge on any atom is -0.496 e. The summed E-state index contributed by atoms with van der Waals surface area (Å²) in [5, 5.41) is 4.68. The van der Waals surface area contributed by atoms with Crippen LogP contribution in [0.1, 0.15) is 5.56 Å². The van der Waals surface area contributed by atoms with E-state index >= 15 is 0 Å². The van der Waals surface area contributed by atoms with Gasteiger partial charge in [0.25, 0.3) is 0 Å². The van der Waals surface area contributed by atoms with Gasteiger partial charge in [-0.3, -0.25) is 4.79 Å². The number of benzene rings is 2. The summed E-state index contributed by atoms with van der Waals surface area (Å²) >= 11 is 1.41. The van der Waals surface area contributed by atoms with Crippen molar-refractivity contribution in [1.82, 2.24) is 15.3 Å². The molecule has 0 saturated carbocycles. The van der Waals surface area contributed by atoms with Crippen molar-refractivity contribution >= 4 is 28.6 Å². The van der Waals surface area contributed by atoms with Crippen LogP contribution in [0, 0.1) is 0 Å². The van der Waals surface area contributed by atoms with Gasteiger partial charge in [0.2, 0.25) is 5.91 Å². The molecule has 1 heterocycles. The van der Waals surface area contributed by atoms with Crippen LogP contribution in [0.4, 0.5) is 0 Å². The standard InChI is InChI=1S/C18H17N3O2S/c1-23-16-9-5-2-6-13(16)10-19-17(22)11-24-18-14-7-3-4-8-15(14)20-12-21-18/h2-9,12H,10-11H2,1H3,(H,19,22). The van der Waals surface area contributed by atoms with Gasteiger partial charge in [-0.25, -0.2) is 9.97 Å². The van der Waals surface area contributed by atoms with Crippen molar-refractivity contribution in [3.05, 3.63) is 60.4 Å². The quantitative estimate of drug-likeness (QED) is 0.552. The number of carbonyl (C=O) groups excluding carboxylic acids is 1. The Morgan fingerprint density at radius 2 is 1.92 bits per heavy atom. The molecule has 24 heavy (non-hydrogen) atoms. The summed E-state index contributed by atoms with van der Waals surface area (Å²) in [6.45, 7) is 0.438. The maximum absolute atomic E-state index is 12.1. The maximum atomic E-state index is 12.1. The first kappa shape index (κ1) is 16.3. The summed E-state index contributed by atoms with van der Waals surface area (Å²) in [5.41, 5.74) is 1.83. The van der Waals surface area contributed by atoms with E-state index in [0.29, 0.717) is 12.3 Å². The highest BCUT2D eigenvalue weighted by Gasteiger charge is 2.08. The first-order valence-electron chi connectivity index (χ1n) is 7.49. The maximum Gasteiger partial charge on any atom is 0.230 e. The van der Waals surface area contributed by atoms with Crippen LogP contribution in [0.25, 0.3) is 10.9 Å². The number of carbonyl (C=O) groups is 1. The smallest absolute Gasteiger partial charge is 0.230 e. The number of hydrogen-bond donors (Lipinski definition) is 1. The fourth-order valence-corrected chi connectivity index (χ4v) is 3.14. The number of methoxy groups -OCH3 is 1. The van der Waals surface area contributed by atoms with Gasteiger partial charge in [0.1, 0.15) is 17.1 Å². The van der Waals surface area contributed by atoms with Gasteiger partial charge in [-0.1, -0.05) is 48.2 Å². The fourth-order valence-electron chi connectivity index (χ4n) is 2.32. The Labute approximate surface area is 144 Å². The second-order valence-electron chi connectivity index (χ2n) is 5.07. The fraction of sp³-hybridized carbons (Fsp3) is 0.167. The molecule has 2 aromatic carbocycles. The summed E-state index contributed by atoms with van der Waals surface area (Å²) in [5.74, 6) is 1.02. The second-order valence-corrected chi connectivity index (χ2v) is 6.04. The van der Waals surface area contributed by atoms with Crippen LogP contribution in [-0.4, -0.2) is 28.7 Å². The summed E-state index contributed by atoms with van der Waals surface area (Å²) in [6.07, 6.45) is 1.53.